The Morgan fingerprint density at radius 3 is 2.65 bits per heavy atom. The van der Waals surface area contributed by atoms with Gasteiger partial charge in [-0.2, -0.15) is 0 Å². The van der Waals surface area contributed by atoms with Crippen LogP contribution in [-0.4, -0.2) is 6.03 Å². The van der Waals surface area contributed by atoms with Crippen molar-refractivity contribution in [1.82, 2.24) is 5.32 Å². The Hall–Kier alpha value is -1.40. The first-order chi connectivity index (χ1) is 9.56. The summed E-state index contributed by atoms with van der Waals surface area (Å²) in [6.45, 7) is 0.129. The maximum Gasteiger partial charge on any atom is 0.319 e. The monoisotopic (exact) mass is 400 g/mol. The Labute approximate surface area is 132 Å². The minimum atomic E-state index is -0.396. The summed E-state index contributed by atoms with van der Waals surface area (Å²) in [6, 6.07) is 11.4. The lowest BCUT2D eigenvalue weighted by Gasteiger charge is -2.10. The van der Waals surface area contributed by atoms with Gasteiger partial charge in [0.25, 0.3) is 0 Å². The summed E-state index contributed by atoms with van der Waals surface area (Å²) in [4.78, 5) is 11.8. The lowest BCUT2D eigenvalue weighted by Crippen LogP contribution is -2.28. The van der Waals surface area contributed by atoms with Crippen molar-refractivity contribution in [2.45, 2.75) is 6.54 Å². The van der Waals surface area contributed by atoms with E-state index in [2.05, 4.69) is 42.5 Å². The lowest BCUT2D eigenvalue weighted by molar-refractivity contribution is 0.251. The fourth-order valence-electron chi connectivity index (χ4n) is 1.58. The predicted octanol–water partition coefficient (Wildman–Crippen LogP) is 4.67. The van der Waals surface area contributed by atoms with Crippen LogP contribution in [0.4, 0.5) is 14.9 Å². The highest BCUT2D eigenvalue weighted by atomic mass is 79.9. The third kappa shape index (κ3) is 4.05. The smallest absolute Gasteiger partial charge is 0.319 e. The molecule has 0 unspecified atom stereocenters. The van der Waals surface area contributed by atoms with Crippen LogP contribution in [0.25, 0.3) is 0 Å². The molecule has 0 saturated heterocycles. The van der Waals surface area contributed by atoms with Gasteiger partial charge in [-0.1, -0.05) is 34.1 Å². The summed E-state index contributed by atoms with van der Waals surface area (Å²) in [5, 5.41) is 5.30. The molecule has 2 amide bonds. The molecule has 0 aromatic heterocycles. The summed E-state index contributed by atoms with van der Waals surface area (Å²) >= 11 is 6.67. The van der Waals surface area contributed by atoms with Gasteiger partial charge in [-0.25, -0.2) is 9.18 Å². The van der Waals surface area contributed by atoms with Crippen molar-refractivity contribution in [2.24, 2.45) is 0 Å². The predicted molar refractivity (Wildman–Crippen MR) is 84.1 cm³/mol. The second-order valence-electron chi connectivity index (χ2n) is 4.02. The first kappa shape index (κ1) is 15.0. The third-order valence-corrected chi connectivity index (χ3v) is 3.76. The number of halogens is 3. The average molecular weight is 402 g/mol. The molecule has 2 rings (SSSR count). The molecule has 0 aliphatic heterocycles. The molecule has 6 heteroatoms. The molecule has 0 bridgehead atoms. The van der Waals surface area contributed by atoms with E-state index >= 15 is 0 Å². The molecule has 2 aromatic carbocycles. The van der Waals surface area contributed by atoms with Crippen LogP contribution in [0, 0.1) is 5.82 Å². The van der Waals surface area contributed by atoms with Crippen molar-refractivity contribution in [2.75, 3.05) is 5.32 Å². The number of hydrogen-bond donors (Lipinski definition) is 2. The molecule has 0 radical (unpaired) electrons. The molecule has 0 spiro atoms. The minimum absolute atomic E-state index is 0.129. The zero-order valence-corrected chi connectivity index (χ0v) is 13.5. The molecule has 20 heavy (non-hydrogen) atoms. The number of hydrogen-bond acceptors (Lipinski definition) is 1. The number of rotatable bonds is 3. The Morgan fingerprint density at radius 1 is 1.15 bits per heavy atom. The van der Waals surface area contributed by atoms with Crippen LogP contribution < -0.4 is 10.6 Å². The molecular weight excluding hydrogens is 391 g/mol. The van der Waals surface area contributed by atoms with E-state index in [0.717, 1.165) is 8.95 Å². The fourth-order valence-corrected chi connectivity index (χ4v) is 2.28. The quantitative estimate of drug-likeness (QED) is 0.770. The van der Waals surface area contributed by atoms with Crippen LogP contribution in [0.5, 0.6) is 0 Å². The summed E-state index contributed by atoms with van der Waals surface area (Å²) < 4.78 is 15.0. The van der Waals surface area contributed by atoms with E-state index in [4.69, 9.17) is 0 Å². The van der Waals surface area contributed by atoms with Crippen LogP contribution in [0.15, 0.2) is 51.4 Å². The standard InChI is InChI=1S/C14H11Br2FN2O/c15-10-5-6-11(16)13(7-10)19-14(20)18-8-9-3-1-2-4-12(9)17/h1-7H,8H2,(H2,18,19,20). The molecule has 104 valence electrons. The average Bonchev–Trinajstić information content (AvgIpc) is 2.42. The molecule has 0 atom stereocenters. The highest BCUT2D eigenvalue weighted by molar-refractivity contribution is 9.11. The van der Waals surface area contributed by atoms with Crippen LogP contribution in [0.3, 0.4) is 0 Å². The highest BCUT2D eigenvalue weighted by Gasteiger charge is 2.07. The largest absolute Gasteiger partial charge is 0.334 e. The number of urea groups is 1. The summed E-state index contributed by atoms with van der Waals surface area (Å²) in [6.07, 6.45) is 0. The number of carbonyl (C=O) groups excluding carboxylic acids is 1. The number of benzene rings is 2. The topological polar surface area (TPSA) is 41.1 Å². The lowest BCUT2D eigenvalue weighted by atomic mass is 10.2. The Balaban J connectivity index is 1.96. The minimum Gasteiger partial charge on any atom is -0.334 e. The van der Waals surface area contributed by atoms with Gasteiger partial charge in [0, 0.05) is 21.1 Å². The maximum absolute atomic E-state index is 13.4. The van der Waals surface area contributed by atoms with Gasteiger partial charge in [-0.15, -0.1) is 0 Å². The Bertz CT molecular complexity index is 634. The highest BCUT2D eigenvalue weighted by Crippen LogP contribution is 2.26. The number of anilines is 1. The molecule has 0 aliphatic rings. The summed E-state index contributed by atoms with van der Waals surface area (Å²) in [5.41, 5.74) is 1.07. The second-order valence-corrected chi connectivity index (χ2v) is 5.79. The molecule has 0 saturated carbocycles. The van der Waals surface area contributed by atoms with Crippen molar-refractivity contribution in [1.29, 1.82) is 0 Å². The zero-order valence-electron chi connectivity index (χ0n) is 10.3. The first-order valence-corrected chi connectivity index (χ1v) is 7.38. The SMILES string of the molecule is O=C(NCc1ccccc1F)Nc1cc(Br)ccc1Br. The molecule has 0 fully saturated rings. The fraction of sp³-hybridized carbons (Fsp3) is 0.0714. The van der Waals surface area contributed by atoms with E-state index in [1.807, 2.05) is 12.1 Å². The molecular formula is C14H11Br2FN2O. The van der Waals surface area contributed by atoms with Gasteiger partial charge < -0.3 is 10.6 Å². The van der Waals surface area contributed by atoms with Gasteiger partial charge in [-0.3, -0.25) is 0 Å². The van der Waals surface area contributed by atoms with Crippen LogP contribution in [-0.2, 0) is 6.54 Å². The zero-order chi connectivity index (χ0) is 14.5. The van der Waals surface area contributed by atoms with Crippen LogP contribution in [0.1, 0.15) is 5.56 Å². The van der Waals surface area contributed by atoms with Crippen LogP contribution in [0.2, 0.25) is 0 Å². The summed E-state index contributed by atoms with van der Waals surface area (Å²) in [7, 11) is 0. The van der Waals surface area contributed by atoms with E-state index in [1.165, 1.54) is 6.07 Å². The summed E-state index contributed by atoms with van der Waals surface area (Å²) in [5.74, 6) is -0.337. The maximum atomic E-state index is 13.4. The molecule has 2 N–H and O–H groups in total. The van der Waals surface area contributed by atoms with Crippen LogP contribution >= 0.6 is 31.9 Å². The van der Waals surface area contributed by atoms with Gasteiger partial charge in [0.15, 0.2) is 0 Å². The van der Waals surface area contributed by atoms with Gasteiger partial charge in [0.1, 0.15) is 5.82 Å². The van der Waals surface area contributed by atoms with E-state index in [-0.39, 0.29) is 12.4 Å². The van der Waals surface area contributed by atoms with Crippen molar-refractivity contribution in [3.05, 3.63) is 62.8 Å². The van der Waals surface area contributed by atoms with E-state index in [1.54, 1.807) is 24.3 Å². The first-order valence-electron chi connectivity index (χ1n) is 5.79. The van der Waals surface area contributed by atoms with E-state index in [9.17, 15) is 9.18 Å². The van der Waals surface area contributed by atoms with E-state index in [0.29, 0.717) is 11.3 Å². The number of amides is 2. The van der Waals surface area contributed by atoms with Gasteiger partial charge in [-0.05, 0) is 40.2 Å². The molecule has 2 aromatic rings. The van der Waals surface area contributed by atoms with Crippen molar-refractivity contribution < 1.29 is 9.18 Å². The Kier molecular flexibility index (Phi) is 5.14. The number of nitrogens with one attached hydrogen (secondary N) is 2. The number of carbonyl (C=O) groups is 1. The van der Waals surface area contributed by atoms with Crippen molar-refractivity contribution in [3.63, 3.8) is 0 Å². The van der Waals surface area contributed by atoms with Gasteiger partial charge in [0.05, 0.1) is 5.69 Å². The third-order valence-electron chi connectivity index (χ3n) is 2.57. The van der Waals surface area contributed by atoms with Crippen molar-refractivity contribution in [3.8, 4) is 0 Å². The molecule has 3 nitrogen and oxygen atoms in total. The normalized spacial score (nSPS) is 10.2. The van der Waals surface area contributed by atoms with Gasteiger partial charge in [0.2, 0.25) is 0 Å². The second kappa shape index (κ2) is 6.85. The molecule has 0 aliphatic carbocycles. The van der Waals surface area contributed by atoms with E-state index < -0.39 is 6.03 Å². The van der Waals surface area contributed by atoms with Gasteiger partial charge >= 0.3 is 6.03 Å². The molecule has 0 heterocycles. The van der Waals surface area contributed by atoms with Crippen molar-refractivity contribution >= 4 is 43.6 Å². The Morgan fingerprint density at radius 2 is 1.90 bits per heavy atom.